The lowest BCUT2D eigenvalue weighted by Gasteiger charge is -2.17. The summed E-state index contributed by atoms with van der Waals surface area (Å²) in [5.41, 5.74) is 0.333. The smallest absolute Gasteiger partial charge is 0.332 e. The standard InChI is InChI=1S/C19H26N4O4S/c1-11(2)23-16(24)15-12(3)14(10-21-7-6-20-18(21)25)28-17(15)22(19(23)26)9-13-5-4-8-27-13/h11,13H,4-10H2,1-3H3,(H,20,25). The highest BCUT2D eigenvalue weighted by atomic mass is 32.1. The Balaban J connectivity index is 1.87. The van der Waals surface area contributed by atoms with Gasteiger partial charge < -0.3 is 15.0 Å². The highest BCUT2D eigenvalue weighted by Crippen LogP contribution is 2.30. The van der Waals surface area contributed by atoms with E-state index in [1.807, 2.05) is 20.8 Å². The first-order valence-corrected chi connectivity index (χ1v) is 10.6. The Bertz CT molecular complexity index is 1030. The average Bonchev–Trinajstić information content (AvgIpc) is 3.35. The Kier molecular flexibility index (Phi) is 5.05. The molecule has 152 valence electrons. The second kappa shape index (κ2) is 7.36. The molecule has 0 radical (unpaired) electrons. The molecule has 2 fully saturated rings. The topological polar surface area (TPSA) is 85.6 Å². The van der Waals surface area contributed by atoms with Gasteiger partial charge in [0.1, 0.15) is 4.83 Å². The summed E-state index contributed by atoms with van der Waals surface area (Å²) < 4.78 is 8.79. The minimum Gasteiger partial charge on any atom is -0.376 e. The van der Waals surface area contributed by atoms with Gasteiger partial charge in [0.15, 0.2) is 0 Å². The summed E-state index contributed by atoms with van der Waals surface area (Å²) in [5.74, 6) is 0. The molecule has 4 heterocycles. The van der Waals surface area contributed by atoms with Gasteiger partial charge in [-0.15, -0.1) is 11.3 Å². The van der Waals surface area contributed by atoms with Crippen molar-refractivity contribution in [2.75, 3.05) is 19.7 Å². The summed E-state index contributed by atoms with van der Waals surface area (Å²) in [6.45, 7) is 8.50. The molecule has 0 aliphatic carbocycles. The zero-order valence-electron chi connectivity index (χ0n) is 16.5. The summed E-state index contributed by atoms with van der Waals surface area (Å²) in [5, 5.41) is 3.39. The number of thiophene rings is 1. The van der Waals surface area contributed by atoms with Crippen molar-refractivity contribution >= 4 is 27.6 Å². The number of aromatic nitrogens is 2. The van der Waals surface area contributed by atoms with Gasteiger partial charge in [0.25, 0.3) is 5.56 Å². The van der Waals surface area contributed by atoms with Crippen LogP contribution >= 0.6 is 11.3 Å². The number of urea groups is 1. The fourth-order valence-electron chi connectivity index (χ4n) is 4.00. The fraction of sp³-hybridized carbons (Fsp3) is 0.632. The maximum atomic E-state index is 13.2. The van der Waals surface area contributed by atoms with Crippen LogP contribution in [0.1, 0.15) is 43.2 Å². The number of carbonyl (C=O) groups is 1. The molecule has 0 spiro atoms. The maximum Gasteiger partial charge on any atom is 0.332 e. The van der Waals surface area contributed by atoms with Crippen molar-refractivity contribution in [2.24, 2.45) is 0 Å². The van der Waals surface area contributed by atoms with Crippen LogP contribution in [0.3, 0.4) is 0 Å². The van der Waals surface area contributed by atoms with E-state index in [0.29, 0.717) is 43.0 Å². The fourth-order valence-corrected chi connectivity index (χ4v) is 5.32. The van der Waals surface area contributed by atoms with Gasteiger partial charge >= 0.3 is 11.7 Å². The molecule has 2 aromatic heterocycles. The van der Waals surface area contributed by atoms with Crippen molar-refractivity contribution in [3.63, 3.8) is 0 Å². The number of nitrogens with zero attached hydrogens (tertiary/aromatic N) is 3. The van der Waals surface area contributed by atoms with Gasteiger partial charge in [-0.1, -0.05) is 0 Å². The Labute approximate surface area is 166 Å². The summed E-state index contributed by atoms with van der Waals surface area (Å²) >= 11 is 1.44. The number of nitrogens with one attached hydrogen (secondary N) is 1. The van der Waals surface area contributed by atoms with Crippen LogP contribution in [0.25, 0.3) is 10.2 Å². The summed E-state index contributed by atoms with van der Waals surface area (Å²) in [6.07, 6.45) is 1.90. The average molecular weight is 407 g/mol. The molecular formula is C19H26N4O4S. The minimum atomic E-state index is -0.283. The Morgan fingerprint density at radius 2 is 2.07 bits per heavy atom. The predicted octanol–water partition coefficient (Wildman–Crippen LogP) is 1.82. The molecular weight excluding hydrogens is 380 g/mol. The van der Waals surface area contributed by atoms with Gasteiger partial charge in [0.2, 0.25) is 0 Å². The van der Waals surface area contributed by atoms with Crippen LogP contribution < -0.4 is 16.6 Å². The van der Waals surface area contributed by atoms with E-state index in [-0.39, 0.29) is 29.4 Å². The Morgan fingerprint density at radius 1 is 1.29 bits per heavy atom. The lowest BCUT2D eigenvalue weighted by molar-refractivity contribution is 0.0965. The molecule has 0 aromatic carbocycles. The van der Waals surface area contributed by atoms with Gasteiger partial charge in [-0.25, -0.2) is 9.59 Å². The highest BCUT2D eigenvalue weighted by molar-refractivity contribution is 7.18. The Morgan fingerprint density at radius 3 is 2.68 bits per heavy atom. The third kappa shape index (κ3) is 3.16. The second-order valence-electron chi connectivity index (χ2n) is 7.78. The van der Waals surface area contributed by atoms with Crippen LogP contribution in [-0.2, 0) is 17.8 Å². The lowest BCUT2D eigenvalue weighted by Crippen LogP contribution is -2.42. The molecule has 0 bridgehead atoms. The number of carbonyl (C=O) groups excluding carboxylic acids is 1. The van der Waals surface area contributed by atoms with Crippen LogP contribution in [0.15, 0.2) is 9.59 Å². The van der Waals surface area contributed by atoms with E-state index in [0.717, 1.165) is 23.3 Å². The molecule has 2 amide bonds. The number of rotatable bonds is 5. The quantitative estimate of drug-likeness (QED) is 0.821. The van der Waals surface area contributed by atoms with E-state index >= 15 is 0 Å². The summed E-state index contributed by atoms with van der Waals surface area (Å²) in [6, 6.07) is -0.319. The lowest BCUT2D eigenvalue weighted by atomic mass is 10.2. The van der Waals surface area contributed by atoms with Crippen molar-refractivity contribution in [3.8, 4) is 0 Å². The molecule has 9 heteroatoms. The van der Waals surface area contributed by atoms with Gasteiger partial charge in [-0.2, -0.15) is 0 Å². The molecule has 1 unspecified atom stereocenters. The first-order chi connectivity index (χ1) is 13.4. The van der Waals surface area contributed by atoms with Crippen LogP contribution in [-0.4, -0.2) is 45.9 Å². The molecule has 2 saturated heterocycles. The summed E-state index contributed by atoms with van der Waals surface area (Å²) in [4.78, 5) is 41.6. The number of hydrogen-bond acceptors (Lipinski definition) is 5. The van der Waals surface area contributed by atoms with Crippen molar-refractivity contribution in [1.82, 2.24) is 19.4 Å². The zero-order valence-corrected chi connectivity index (χ0v) is 17.3. The molecule has 0 saturated carbocycles. The van der Waals surface area contributed by atoms with E-state index in [2.05, 4.69) is 5.32 Å². The molecule has 2 aliphatic rings. The van der Waals surface area contributed by atoms with E-state index in [1.165, 1.54) is 15.9 Å². The van der Waals surface area contributed by atoms with Crippen molar-refractivity contribution in [3.05, 3.63) is 31.3 Å². The van der Waals surface area contributed by atoms with E-state index in [9.17, 15) is 14.4 Å². The number of fused-ring (bicyclic) bond motifs is 1. The van der Waals surface area contributed by atoms with Crippen molar-refractivity contribution < 1.29 is 9.53 Å². The third-order valence-electron chi connectivity index (χ3n) is 5.55. The van der Waals surface area contributed by atoms with Gasteiger partial charge in [0.05, 0.1) is 24.6 Å². The summed E-state index contributed by atoms with van der Waals surface area (Å²) in [7, 11) is 0. The van der Waals surface area contributed by atoms with E-state index < -0.39 is 0 Å². The molecule has 1 N–H and O–H groups in total. The molecule has 1 atom stereocenters. The van der Waals surface area contributed by atoms with E-state index in [1.54, 1.807) is 9.47 Å². The van der Waals surface area contributed by atoms with Crippen LogP contribution in [0.2, 0.25) is 0 Å². The van der Waals surface area contributed by atoms with E-state index in [4.69, 9.17) is 4.74 Å². The van der Waals surface area contributed by atoms with Crippen LogP contribution in [0.4, 0.5) is 4.79 Å². The minimum absolute atomic E-state index is 0.00534. The first kappa shape index (κ1) is 19.2. The SMILES string of the molecule is Cc1c(CN2CCNC2=O)sc2c1c(=O)n(C(C)C)c(=O)n2CC1CCCO1. The number of ether oxygens (including phenoxy) is 1. The normalized spacial score (nSPS) is 19.9. The van der Waals surface area contributed by atoms with Gasteiger partial charge in [-0.05, 0) is 39.2 Å². The largest absolute Gasteiger partial charge is 0.376 e. The molecule has 4 rings (SSSR count). The monoisotopic (exact) mass is 406 g/mol. The second-order valence-corrected chi connectivity index (χ2v) is 8.86. The van der Waals surface area contributed by atoms with Crippen LogP contribution in [0.5, 0.6) is 0 Å². The van der Waals surface area contributed by atoms with Crippen molar-refractivity contribution in [1.29, 1.82) is 0 Å². The maximum absolute atomic E-state index is 13.2. The third-order valence-corrected chi connectivity index (χ3v) is 6.85. The van der Waals surface area contributed by atoms with Crippen molar-refractivity contribution in [2.45, 2.75) is 58.8 Å². The molecule has 2 aromatic rings. The molecule has 28 heavy (non-hydrogen) atoms. The first-order valence-electron chi connectivity index (χ1n) is 9.80. The van der Waals surface area contributed by atoms with Gasteiger partial charge in [-0.3, -0.25) is 13.9 Å². The number of hydrogen-bond donors (Lipinski definition) is 1. The number of aryl methyl sites for hydroxylation is 1. The van der Waals surface area contributed by atoms with Crippen LogP contribution in [0, 0.1) is 6.92 Å². The predicted molar refractivity (Wildman–Crippen MR) is 108 cm³/mol. The number of amides is 2. The zero-order chi connectivity index (χ0) is 20.0. The highest BCUT2D eigenvalue weighted by Gasteiger charge is 2.26. The Hall–Kier alpha value is -2.13. The molecule has 8 nitrogen and oxygen atoms in total. The molecule has 2 aliphatic heterocycles. The van der Waals surface area contributed by atoms with Gasteiger partial charge in [0, 0.05) is 30.6 Å².